The van der Waals surface area contributed by atoms with E-state index in [-0.39, 0.29) is 24.0 Å². The molecule has 0 saturated heterocycles. The summed E-state index contributed by atoms with van der Waals surface area (Å²) in [5.74, 6) is 0.866. The minimum atomic E-state index is 0. The lowest BCUT2D eigenvalue weighted by atomic mass is 10.2. The van der Waals surface area contributed by atoms with E-state index < -0.39 is 0 Å². The zero-order chi connectivity index (χ0) is 9.80. The van der Waals surface area contributed by atoms with Crippen molar-refractivity contribution in [1.82, 2.24) is 10.6 Å². The molecule has 1 aromatic carbocycles. The minimum absolute atomic E-state index is 0. The SMILES string of the molecule is Clc1ccccc1CNC1=NCCN1.I. The lowest BCUT2D eigenvalue weighted by molar-refractivity contribution is 0.867. The molecule has 3 nitrogen and oxygen atoms in total. The van der Waals surface area contributed by atoms with Crippen molar-refractivity contribution < 1.29 is 0 Å². The number of hydrogen-bond acceptors (Lipinski definition) is 3. The maximum atomic E-state index is 6.01. The van der Waals surface area contributed by atoms with Gasteiger partial charge in [-0.15, -0.1) is 24.0 Å². The fraction of sp³-hybridized carbons (Fsp3) is 0.300. The standard InChI is InChI=1S/C10H12ClN3.HI/c11-9-4-2-1-3-8(9)7-14-10-12-5-6-13-10;/h1-4H,5-7H2,(H2,12,13,14);1H. The Labute approximate surface area is 111 Å². The average Bonchev–Trinajstić information content (AvgIpc) is 2.69. The molecule has 0 amide bonds. The quantitative estimate of drug-likeness (QED) is 0.810. The van der Waals surface area contributed by atoms with Crippen LogP contribution in [0.4, 0.5) is 0 Å². The summed E-state index contributed by atoms with van der Waals surface area (Å²) >= 11 is 6.01. The van der Waals surface area contributed by atoms with Crippen molar-refractivity contribution in [2.45, 2.75) is 6.54 Å². The first-order chi connectivity index (χ1) is 6.86. The summed E-state index contributed by atoms with van der Waals surface area (Å²) in [5.41, 5.74) is 1.09. The van der Waals surface area contributed by atoms with Crippen LogP contribution in [0.1, 0.15) is 5.56 Å². The van der Waals surface area contributed by atoms with Crippen LogP contribution in [-0.2, 0) is 6.54 Å². The summed E-state index contributed by atoms with van der Waals surface area (Å²) in [7, 11) is 0. The van der Waals surface area contributed by atoms with E-state index in [1.165, 1.54) is 0 Å². The molecule has 2 N–H and O–H groups in total. The molecule has 1 heterocycles. The van der Waals surface area contributed by atoms with E-state index in [9.17, 15) is 0 Å². The number of guanidine groups is 1. The average molecular weight is 338 g/mol. The zero-order valence-electron chi connectivity index (χ0n) is 8.16. The predicted molar refractivity (Wildman–Crippen MR) is 74.0 cm³/mol. The maximum absolute atomic E-state index is 6.01. The molecule has 0 aliphatic carbocycles. The van der Waals surface area contributed by atoms with E-state index in [0.29, 0.717) is 6.54 Å². The van der Waals surface area contributed by atoms with Crippen molar-refractivity contribution in [2.24, 2.45) is 4.99 Å². The molecule has 0 unspecified atom stereocenters. The summed E-state index contributed by atoms with van der Waals surface area (Å²) < 4.78 is 0. The van der Waals surface area contributed by atoms with Crippen LogP contribution in [0.5, 0.6) is 0 Å². The van der Waals surface area contributed by atoms with Gasteiger partial charge >= 0.3 is 0 Å². The smallest absolute Gasteiger partial charge is 0.191 e. The summed E-state index contributed by atoms with van der Waals surface area (Å²) in [5, 5.41) is 7.13. The van der Waals surface area contributed by atoms with Crippen LogP contribution in [0.3, 0.4) is 0 Å². The highest BCUT2D eigenvalue weighted by Crippen LogP contribution is 2.14. The highest BCUT2D eigenvalue weighted by molar-refractivity contribution is 14.0. The topological polar surface area (TPSA) is 36.4 Å². The molecule has 0 fully saturated rings. The Kier molecular flexibility index (Phi) is 5.17. The molecule has 1 aliphatic heterocycles. The molecule has 0 aromatic heterocycles. The van der Waals surface area contributed by atoms with Crippen molar-refractivity contribution in [3.8, 4) is 0 Å². The molecule has 0 bridgehead atoms. The van der Waals surface area contributed by atoms with E-state index >= 15 is 0 Å². The first-order valence-corrected chi connectivity index (χ1v) is 4.99. The van der Waals surface area contributed by atoms with Gasteiger partial charge in [0.25, 0.3) is 0 Å². The Hall–Kier alpha value is -0.490. The van der Waals surface area contributed by atoms with Crippen LogP contribution in [0.2, 0.25) is 5.02 Å². The van der Waals surface area contributed by atoms with Crippen LogP contribution in [-0.4, -0.2) is 19.0 Å². The second-order valence-corrected chi connectivity index (χ2v) is 3.51. The van der Waals surface area contributed by atoms with Crippen molar-refractivity contribution in [3.05, 3.63) is 34.9 Å². The van der Waals surface area contributed by atoms with Gasteiger partial charge in [-0.3, -0.25) is 4.99 Å². The van der Waals surface area contributed by atoms with Gasteiger partial charge in [-0.2, -0.15) is 0 Å². The van der Waals surface area contributed by atoms with Crippen molar-refractivity contribution in [3.63, 3.8) is 0 Å². The van der Waals surface area contributed by atoms with E-state index in [0.717, 1.165) is 29.6 Å². The first kappa shape index (κ1) is 12.6. The second-order valence-electron chi connectivity index (χ2n) is 3.10. The fourth-order valence-corrected chi connectivity index (χ4v) is 1.54. The molecule has 1 aliphatic rings. The van der Waals surface area contributed by atoms with Gasteiger partial charge in [-0.05, 0) is 11.6 Å². The lowest BCUT2D eigenvalue weighted by Crippen LogP contribution is -2.33. The predicted octanol–water partition coefficient (Wildman–Crippen LogP) is 2.01. The summed E-state index contributed by atoms with van der Waals surface area (Å²) in [6.45, 7) is 2.49. The van der Waals surface area contributed by atoms with Gasteiger partial charge in [0, 0.05) is 18.1 Å². The van der Waals surface area contributed by atoms with Crippen LogP contribution >= 0.6 is 35.6 Å². The number of halogens is 2. The van der Waals surface area contributed by atoms with Crippen LogP contribution in [0, 0.1) is 0 Å². The number of nitrogens with one attached hydrogen (secondary N) is 2. The lowest BCUT2D eigenvalue weighted by Gasteiger charge is -2.07. The molecule has 0 radical (unpaired) electrons. The van der Waals surface area contributed by atoms with Crippen molar-refractivity contribution in [1.29, 1.82) is 0 Å². The summed E-state index contributed by atoms with van der Waals surface area (Å²) in [6, 6.07) is 7.80. The highest BCUT2D eigenvalue weighted by atomic mass is 127. The minimum Gasteiger partial charge on any atom is -0.355 e. The second kappa shape index (κ2) is 6.17. The number of nitrogens with zero attached hydrogens (tertiary/aromatic N) is 1. The third-order valence-corrected chi connectivity index (χ3v) is 2.45. The number of aliphatic imine (C=N–C) groups is 1. The van der Waals surface area contributed by atoms with Crippen LogP contribution in [0.25, 0.3) is 0 Å². The van der Waals surface area contributed by atoms with Gasteiger partial charge in [0.2, 0.25) is 0 Å². The van der Waals surface area contributed by atoms with E-state index in [4.69, 9.17) is 11.6 Å². The highest BCUT2D eigenvalue weighted by Gasteiger charge is 2.04. The monoisotopic (exact) mass is 337 g/mol. The molecule has 5 heteroatoms. The normalized spacial score (nSPS) is 13.8. The summed E-state index contributed by atoms with van der Waals surface area (Å²) in [6.07, 6.45) is 0. The Morgan fingerprint density at radius 3 is 2.87 bits per heavy atom. The van der Waals surface area contributed by atoms with Gasteiger partial charge in [-0.25, -0.2) is 0 Å². The fourth-order valence-electron chi connectivity index (χ4n) is 1.34. The molecule has 0 saturated carbocycles. The van der Waals surface area contributed by atoms with Gasteiger partial charge < -0.3 is 10.6 Å². The maximum Gasteiger partial charge on any atom is 0.191 e. The van der Waals surface area contributed by atoms with E-state index in [2.05, 4.69) is 15.6 Å². The molecule has 15 heavy (non-hydrogen) atoms. The Balaban J connectivity index is 0.00000112. The van der Waals surface area contributed by atoms with Crippen LogP contribution < -0.4 is 10.6 Å². The Morgan fingerprint density at radius 1 is 1.40 bits per heavy atom. The molecular formula is C10H13ClIN3. The van der Waals surface area contributed by atoms with Crippen molar-refractivity contribution >= 4 is 41.5 Å². The first-order valence-electron chi connectivity index (χ1n) is 4.62. The van der Waals surface area contributed by atoms with Gasteiger partial charge in [0.1, 0.15) is 0 Å². The number of hydrogen-bond donors (Lipinski definition) is 2. The molecule has 0 atom stereocenters. The largest absolute Gasteiger partial charge is 0.355 e. The Bertz CT molecular complexity index is 354. The van der Waals surface area contributed by atoms with Crippen molar-refractivity contribution in [2.75, 3.05) is 13.1 Å². The molecule has 1 aromatic rings. The van der Waals surface area contributed by atoms with Gasteiger partial charge in [0.15, 0.2) is 5.96 Å². The third-order valence-electron chi connectivity index (χ3n) is 2.08. The molecule has 82 valence electrons. The van der Waals surface area contributed by atoms with Gasteiger partial charge in [0.05, 0.1) is 6.54 Å². The number of rotatable bonds is 2. The summed E-state index contributed by atoms with van der Waals surface area (Å²) in [4.78, 5) is 4.23. The third kappa shape index (κ3) is 3.53. The number of benzene rings is 1. The van der Waals surface area contributed by atoms with Crippen LogP contribution in [0.15, 0.2) is 29.3 Å². The van der Waals surface area contributed by atoms with E-state index in [1.54, 1.807) is 0 Å². The molecular weight excluding hydrogens is 324 g/mol. The molecule has 0 spiro atoms. The van der Waals surface area contributed by atoms with E-state index in [1.807, 2.05) is 24.3 Å². The molecule has 2 rings (SSSR count). The zero-order valence-corrected chi connectivity index (χ0v) is 11.3. The van der Waals surface area contributed by atoms with Gasteiger partial charge in [-0.1, -0.05) is 29.8 Å². The Morgan fingerprint density at radius 2 is 2.20 bits per heavy atom.